The first kappa shape index (κ1) is 21.1. The van der Waals surface area contributed by atoms with Crippen molar-refractivity contribution in [3.05, 3.63) is 0 Å². The van der Waals surface area contributed by atoms with Gasteiger partial charge in [-0.2, -0.15) is 0 Å². The normalized spacial score (nSPS) is 12.4. The fourth-order valence-corrected chi connectivity index (χ4v) is 2.30. The zero-order valence-electron chi connectivity index (χ0n) is 14.8. The molecular weight excluding hydrogens is 280 g/mol. The van der Waals surface area contributed by atoms with Crippen molar-refractivity contribution >= 4 is 11.8 Å². The third-order valence-electron chi connectivity index (χ3n) is 4.32. The summed E-state index contributed by atoms with van der Waals surface area (Å²) in [6, 6.07) is 0. The molecule has 0 aromatic rings. The monoisotopic (exact) mass is 314 g/mol. The van der Waals surface area contributed by atoms with Crippen LogP contribution in [-0.2, 0) is 9.59 Å². The van der Waals surface area contributed by atoms with E-state index in [4.69, 9.17) is 10.2 Å². The number of aliphatic hydroxyl groups is 1. The van der Waals surface area contributed by atoms with Gasteiger partial charge in [0.15, 0.2) is 0 Å². The standard InChI is InChI=1S/C18H34O4/c1-17(2,14-19)12-8-5-6-10-15(20)11-7-9-13-18(3,4)16(21)22/h19H,5-14H2,1-4H3,(H,21,22). The largest absolute Gasteiger partial charge is 0.481 e. The summed E-state index contributed by atoms with van der Waals surface area (Å²) in [5, 5.41) is 18.2. The van der Waals surface area contributed by atoms with Gasteiger partial charge in [-0.3, -0.25) is 9.59 Å². The predicted molar refractivity (Wildman–Crippen MR) is 88.8 cm³/mol. The summed E-state index contributed by atoms with van der Waals surface area (Å²) in [5.74, 6) is -0.487. The number of Topliss-reactive ketones (excluding diaryl/α,β-unsaturated/α-hetero) is 1. The highest BCUT2D eigenvalue weighted by molar-refractivity contribution is 5.78. The van der Waals surface area contributed by atoms with Crippen LogP contribution >= 0.6 is 0 Å². The molecule has 0 aromatic carbocycles. The highest BCUT2D eigenvalue weighted by Gasteiger charge is 2.26. The van der Waals surface area contributed by atoms with Crippen LogP contribution in [0.2, 0.25) is 0 Å². The zero-order valence-corrected chi connectivity index (χ0v) is 14.8. The van der Waals surface area contributed by atoms with Crippen LogP contribution in [-0.4, -0.2) is 28.6 Å². The zero-order chi connectivity index (χ0) is 17.2. The average molecular weight is 314 g/mol. The Labute approximate surface area is 135 Å². The number of aliphatic hydroxyl groups excluding tert-OH is 1. The van der Waals surface area contributed by atoms with Crippen molar-refractivity contribution in [2.75, 3.05) is 6.61 Å². The van der Waals surface area contributed by atoms with Gasteiger partial charge in [0, 0.05) is 19.4 Å². The van der Waals surface area contributed by atoms with Gasteiger partial charge in [-0.15, -0.1) is 0 Å². The number of hydrogen-bond acceptors (Lipinski definition) is 3. The Bertz CT molecular complexity index is 345. The topological polar surface area (TPSA) is 74.6 Å². The molecule has 0 aliphatic heterocycles. The fourth-order valence-electron chi connectivity index (χ4n) is 2.30. The second-order valence-corrected chi connectivity index (χ2v) is 7.82. The Morgan fingerprint density at radius 1 is 0.818 bits per heavy atom. The molecular formula is C18H34O4. The van der Waals surface area contributed by atoms with Crippen molar-refractivity contribution in [2.24, 2.45) is 10.8 Å². The molecule has 0 amide bonds. The molecule has 22 heavy (non-hydrogen) atoms. The van der Waals surface area contributed by atoms with Gasteiger partial charge in [0.1, 0.15) is 5.78 Å². The molecule has 0 heterocycles. The van der Waals surface area contributed by atoms with Crippen LogP contribution in [0.5, 0.6) is 0 Å². The first-order valence-corrected chi connectivity index (χ1v) is 8.47. The van der Waals surface area contributed by atoms with Crippen LogP contribution in [0.25, 0.3) is 0 Å². The van der Waals surface area contributed by atoms with Gasteiger partial charge in [-0.1, -0.05) is 33.1 Å². The van der Waals surface area contributed by atoms with Gasteiger partial charge in [0.2, 0.25) is 0 Å². The smallest absolute Gasteiger partial charge is 0.309 e. The predicted octanol–water partition coefficient (Wildman–Crippen LogP) is 4.20. The fraction of sp³-hybridized carbons (Fsp3) is 0.889. The van der Waals surface area contributed by atoms with Gasteiger partial charge in [0.05, 0.1) is 5.41 Å². The Kier molecular flexibility index (Phi) is 9.58. The van der Waals surface area contributed by atoms with Crippen LogP contribution in [0.4, 0.5) is 0 Å². The number of ketones is 1. The van der Waals surface area contributed by atoms with Crippen molar-refractivity contribution in [2.45, 2.75) is 85.5 Å². The molecule has 2 N–H and O–H groups in total. The Hall–Kier alpha value is -0.900. The number of rotatable bonds is 13. The number of hydrogen-bond donors (Lipinski definition) is 2. The van der Waals surface area contributed by atoms with Gasteiger partial charge < -0.3 is 10.2 Å². The maximum atomic E-state index is 11.8. The number of carbonyl (C=O) groups excluding carboxylic acids is 1. The summed E-state index contributed by atoms with van der Waals surface area (Å²) < 4.78 is 0. The van der Waals surface area contributed by atoms with E-state index in [2.05, 4.69) is 13.8 Å². The summed E-state index contributed by atoms with van der Waals surface area (Å²) in [5.41, 5.74) is -0.705. The molecule has 0 atom stereocenters. The molecule has 0 radical (unpaired) electrons. The third-order valence-corrected chi connectivity index (χ3v) is 4.32. The lowest BCUT2D eigenvalue weighted by Crippen LogP contribution is -2.23. The Balaban J connectivity index is 3.61. The van der Waals surface area contributed by atoms with Gasteiger partial charge >= 0.3 is 5.97 Å². The highest BCUT2D eigenvalue weighted by Crippen LogP contribution is 2.24. The SMILES string of the molecule is CC(C)(CO)CCCCCC(=O)CCCCC(C)(C)C(=O)O. The van der Waals surface area contributed by atoms with Crippen LogP contribution in [0, 0.1) is 10.8 Å². The van der Waals surface area contributed by atoms with Gasteiger partial charge in [0.25, 0.3) is 0 Å². The van der Waals surface area contributed by atoms with E-state index in [1.165, 1.54) is 0 Å². The summed E-state index contributed by atoms with van der Waals surface area (Å²) in [6.07, 6.45) is 7.37. The van der Waals surface area contributed by atoms with Crippen LogP contribution in [0.15, 0.2) is 0 Å². The molecule has 0 saturated carbocycles. The Morgan fingerprint density at radius 2 is 1.32 bits per heavy atom. The number of carboxylic acids is 1. The number of unbranched alkanes of at least 4 members (excludes halogenated alkanes) is 3. The molecule has 0 rings (SSSR count). The summed E-state index contributed by atoms with van der Waals surface area (Å²) in [4.78, 5) is 22.7. The van der Waals surface area contributed by atoms with Crippen molar-refractivity contribution < 1.29 is 19.8 Å². The maximum absolute atomic E-state index is 11.8. The van der Waals surface area contributed by atoms with Crippen LogP contribution < -0.4 is 0 Å². The van der Waals surface area contributed by atoms with Crippen molar-refractivity contribution in [1.29, 1.82) is 0 Å². The molecule has 0 fully saturated rings. The van der Waals surface area contributed by atoms with Crippen LogP contribution in [0.1, 0.15) is 85.5 Å². The van der Waals surface area contributed by atoms with Gasteiger partial charge in [-0.25, -0.2) is 0 Å². The molecule has 0 unspecified atom stereocenters. The lowest BCUT2D eigenvalue weighted by atomic mass is 9.86. The lowest BCUT2D eigenvalue weighted by Gasteiger charge is -2.20. The molecule has 4 nitrogen and oxygen atoms in total. The molecule has 130 valence electrons. The lowest BCUT2D eigenvalue weighted by molar-refractivity contribution is -0.147. The quantitative estimate of drug-likeness (QED) is 0.500. The minimum Gasteiger partial charge on any atom is -0.481 e. The van der Waals surface area contributed by atoms with Crippen LogP contribution in [0.3, 0.4) is 0 Å². The first-order valence-electron chi connectivity index (χ1n) is 8.47. The summed E-state index contributed by atoms with van der Waals surface area (Å²) >= 11 is 0. The first-order chi connectivity index (χ1) is 10.1. The van der Waals surface area contributed by atoms with Gasteiger partial charge in [-0.05, 0) is 44.9 Å². The second kappa shape index (κ2) is 9.98. The third kappa shape index (κ3) is 9.93. The van der Waals surface area contributed by atoms with E-state index in [1.807, 2.05) is 0 Å². The second-order valence-electron chi connectivity index (χ2n) is 7.82. The molecule has 0 saturated heterocycles. The van der Waals surface area contributed by atoms with E-state index in [0.717, 1.165) is 38.5 Å². The molecule has 0 spiro atoms. The molecule has 4 heteroatoms. The minimum absolute atomic E-state index is 0.0129. The number of aliphatic carboxylic acids is 1. The van der Waals surface area contributed by atoms with E-state index in [1.54, 1.807) is 13.8 Å². The molecule has 0 aromatic heterocycles. The molecule has 0 aliphatic rings. The van der Waals surface area contributed by atoms with E-state index in [0.29, 0.717) is 19.3 Å². The average Bonchev–Trinajstić information content (AvgIpc) is 2.43. The summed E-state index contributed by atoms with van der Waals surface area (Å²) in [7, 11) is 0. The number of carbonyl (C=O) groups is 2. The maximum Gasteiger partial charge on any atom is 0.309 e. The van der Waals surface area contributed by atoms with E-state index < -0.39 is 11.4 Å². The highest BCUT2D eigenvalue weighted by atomic mass is 16.4. The molecule has 0 aliphatic carbocycles. The van der Waals surface area contributed by atoms with E-state index >= 15 is 0 Å². The number of carboxylic acid groups (broad SMARTS) is 1. The summed E-state index contributed by atoms with van der Waals surface area (Å²) in [6.45, 7) is 7.77. The van der Waals surface area contributed by atoms with Crippen molar-refractivity contribution in [1.82, 2.24) is 0 Å². The Morgan fingerprint density at radius 3 is 1.82 bits per heavy atom. The van der Waals surface area contributed by atoms with Crippen molar-refractivity contribution in [3.8, 4) is 0 Å². The van der Waals surface area contributed by atoms with E-state index in [-0.39, 0.29) is 17.8 Å². The van der Waals surface area contributed by atoms with E-state index in [9.17, 15) is 9.59 Å². The minimum atomic E-state index is -0.773. The van der Waals surface area contributed by atoms with Crippen molar-refractivity contribution in [3.63, 3.8) is 0 Å². The molecule has 0 bridgehead atoms.